The number of anilines is 2. The molecule has 1 saturated heterocycles. The first-order chi connectivity index (χ1) is 17.4. The molecule has 2 heterocycles. The summed E-state index contributed by atoms with van der Waals surface area (Å²) in [5.41, 5.74) is 5.69. The molecule has 3 aliphatic rings. The third-order valence-corrected chi connectivity index (χ3v) is 10.1. The summed E-state index contributed by atoms with van der Waals surface area (Å²) in [5.74, 6) is 3.51. The van der Waals surface area contributed by atoms with Crippen LogP contribution in [-0.2, 0) is 10.0 Å². The summed E-state index contributed by atoms with van der Waals surface area (Å²) in [6, 6.07) is 19.8. The summed E-state index contributed by atoms with van der Waals surface area (Å²) >= 11 is 1.91. The summed E-state index contributed by atoms with van der Waals surface area (Å²) in [6.45, 7) is 3.84. The van der Waals surface area contributed by atoms with Gasteiger partial charge >= 0.3 is 0 Å². The van der Waals surface area contributed by atoms with Gasteiger partial charge in [0.2, 0.25) is 0 Å². The van der Waals surface area contributed by atoms with Crippen LogP contribution in [0.3, 0.4) is 0 Å². The van der Waals surface area contributed by atoms with Crippen molar-refractivity contribution in [3.8, 4) is 5.75 Å². The van der Waals surface area contributed by atoms with Crippen LogP contribution >= 0.6 is 11.8 Å². The average molecular weight is 519 g/mol. The van der Waals surface area contributed by atoms with Crippen molar-refractivity contribution in [3.63, 3.8) is 0 Å². The molecule has 6 rings (SSSR count). The van der Waals surface area contributed by atoms with E-state index in [1.165, 1.54) is 5.56 Å². The monoisotopic (exact) mass is 518 g/mol. The molecule has 2 aliphatic heterocycles. The smallest absolute Gasteiger partial charge is 0.261 e. The van der Waals surface area contributed by atoms with Gasteiger partial charge in [-0.2, -0.15) is 11.8 Å². The molecule has 3 aromatic rings. The van der Waals surface area contributed by atoms with Crippen LogP contribution < -0.4 is 14.8 Å². The molecule has 0 aromatic heterocycles. The van der Waals surface area contributed by atoms with Gasteiger partial charge in [-0.25, -0.2) is 8.42 Å². The minimum absolute atomic E-state index is 0.131. The number of aryl methyl sites for hydroxylation is 2. The van der Waals surface area contributed by atoms with E-state index in [0.29, 0.717) is 17.7 Å². The quantitative estimate of drug-likeness (QED) is 0.368. The number of thioether (sulfide) groups is 1. The Morgan fingerprint density at radius 2 is 1.78 bits per heavy atom. The Bertz CT molecular complexity index is 1430. The van der Waals surface area contributed by atoms with Gasteiger partial charge in [-0.3, -0.25) is 4.72 Å². The van der Waals surface area contributed by atoms with Crippen LogP contribution in [0.25, 0.3) is 0 Å². The highest BCUT2D eigenvalue weighted by Crippen LogP contribution is 2.50. The van der Waals surface area contributed by atoms with Crippen LogP contribution in [0.15, 0.2) is 77.7 Å². The molecule has 5 nitrogen and oxygen atoms in total. The summed E-state index contributed by atoms with van der Waals surface area (Å²) in [5, 5.41) is 3.72. The molecule has 0 saturated carbocycles. The van der Waals surface area contributed by atoms with Crippen molar-refractivity contribution >= 4 is 33.2 Å². The molecule has 1 fully saturated rings. The van der Waals surface area contributed by atoms with Crippen molar-refractivity contribution in [2.45, 2.75) is 43.2 Å². The highest BCUT2D eigenvalue weighted by molar-refractivity contribution is 8.00. The van der Waals surface area contributed by atoms with Gasteiger partial charge < -0.3 is 10.1 Å². The molecule has 1 aliphatic carbocycles. The lowest BCUT2D eigenvalue weighted by molar-refractivity contribution is 0.240. The lowest BCUT2D eigenvalue weighted by Gasteiger charge is -2.38. The fourth-order valence-corrected chi connectivity index (χ4v) is 7.30. The maximum absolute atomic E-state index is 13.4. The molecule has 3 aromatic carbocycles. The second kappa shape index (κ2) is 9.20. The van der Waals surface area contributed by atoms with Crippen molar-refractivity contribution < 1.29 is 13.2 Å². The normalized spacial score (nSPS) is 22.8. The zero-order chi connectivity index (χ0) is 24.9. The molecular formula is C29H30N2O3S2. The number of allylic oxidation sites excluding steroid dienone is 2. The molecule has 0 spiro atoms. The predicted molar refractivity (Wildman–Crippen MR) is 148 cm³/mol. The third kappa shape index (κ3) is 4.28. The summed E-state index contributed by atoms with van der Waals surface area (Å²) in [6.07, 6.45) is 5.72. The van der Waals surface area contributed by atoms with Crippen LogP contribution in [-0.4, -0.2) is 26.0 Å². The molecule has 0 amide bonds. The number of hydrogen-bond acceptors (Lipinski definition) is 5. The van der Waals surface area contributed by atoms with Gasteiger partial charge in [0.25, 0.3) is 10.0 Å². The molecule has 36 heavy (non-hydrogen) atoms. The van der Waals surface area contributed by atoms with Crippen LogP contribution in [0.5, 0.6) is 5.75 Å². The standard InChI is InChI=1S/C29H30N2O3S2/c1-18-6-3-7-19(2)28(18)31-36(32,33)23-12-13-27-26(15-23)24-10-5-11-25(24)29(30-27)20-8-4-9-21(14-20)34-22-16-35-17-22/h3-10,12-15,22,24-25,29-31H,11,16-17H2,1-2H3/t24-,25-,29+/m1/s1. The highest BCUT2D eigenvalue weighted by Gasteiger charge is 2.38. The average Bonchev–Trinajstić information content (AvgIpc) is 3.34. The number of fused-ring (bicyclic) bond motifs is 3. The van der Waals surface area contributed by atoms with E-state index in [-0.39, 0.29) is 16.9 Å². The van der Waals surface area contributed by atoms with Crippen LogP contribution in [0.4, 0.5) is 11.4 Å². The van der Waals surface area contributed by atoms with Crippen LogP contribution in [0, 0.1) is 19.8 Å². The third-order valence-electron chi connectivity index (χ3n) is 7.49. The first-order valence-corrected chi connectivity index (χ1v) is 15.0. The molecule has 7 heteroatoms. The summed E-state index contributed by atoms with van der Waals surface area (Å²) in [4.78, 5) is 0.289. The van der Waals surface area contributed by atoms with E-state index in [0.717, 1.165) is 46.1 Å². The topological polar surface area (TPSA) is 67.4 Å². The Kier molecular flexibility index (Phi) is 6.00. The number of para-hydroxylation sites is 1. The number of ether oxygens (including phenoxy) is 1. The maximum atomic E-state index is 13.4. The van der Waals surface area contributed by atoms with Crippen LogP contribution in [0.2, 0.25) is 0 Å². The predicted octanol–water partition coefficient (Wildman–Crippen LogP) is 6.42. The Hall–Kier alpha value is -2.90. The van der Waals surface area contributed by atoms with Gasteiger partial charge in [0.1, 0.15) is 11.9 Å². The molecule has 0 radical (unpaired) electrons. The van der Waals surface area contributed by atoms with Crippen LogP contribution in [0.1, 0.15) is 40.6 Å². The van der Waals surface area contributed by atoms with Crippen molar-refractivity contribution in [1.29, 1.82) is 0 Å². The number of benzene rings is 3. The van der Waals surface area contributed by atoms with Crippen molar-refractivity contribution in [1.82, 2.24) is 0 Å². The highest BCUT2D eigenvalue weighted by atomic mass is 32.2. The first kappa shape index (κ1) is 23.5. The number of nitrogens with one attached hydrogen (secondary N) is 2. The molecule has 2 N–H and O–H groups in total. The van der Waals surface area contributed by atoms with E-state index in [4.69, 9.17) is 4.74 Å². The van der Waals surface area contributed by atoms with E-state index in [9.17, 15) is 8.42 Å². The lowest BCUT2D eigenvalue weighted by Crippen LogP contribution is -2.31. The van der Waals surface area contributed by atoms with E-state index < -0.39 is 10.0 Å². The van der Waals surface area contributed by atoms with E-state index in [1.807, 2.05) is 62.0 Å². The van der Waals surface area contributed by atoms with Gasteiger partial charge in [-0.1, -0.05) is 42.5 Å². The van der Waals surface area contributed by atoms with E-state index in [1.54, 1.807) is 6.07 Å². The molecular weight excluding hydrogens is 488 g/mol. The summed E-state index contributed by atoms with van der Waals surface area (Å²) in [7, 11) is -3.72. The second-order valence-electron chi connectivity index (χ2n) is 9.95. The van der Waals surface area contributed by atoms with Crippen molar-refractivity contribution in [2.24, 2.45) is 5.92 Å². The number of sulfonamides is 1. The lowest BCUT2D eigenvalue weighted by atomic mass is 9.77. The molecule has 186 valence electrons. The van der Waals surface area contributed by atoms with E-state index in [2.05, 4.69) is 40.4 Å². The van der Waals surface area contributed by atoms with Gasteiger partial charge in [0.15, 0.2) is 0 Å². The van der Waals surface area contributed by atoms with Gasteiger partial charge in [-0.15, -0.1) is 0 Å². The van der Waals surface area contributed by atoms with E-state index >= 15 is 0 Å². The minimum atomic E-state index is -3.72. The largest absolute Gasteiger partial charge is 0.489 e. The fourth-order valence-electron chi connectivity index (χ4n) is 5.49. The Morgan fingerprint density at radius 1 is 1.00 bits per heavy atom. The van der Waals surface area contributed by atoms with Crippen molar-refractivity contribution in [3.05, 3.63) is 95.1 Å². The SMILES string of the molecule is Cc1cccc(C)c1NS(=O)(=O)c1ccc2c(c1)[C@@H]1C=CC[C@H]1[C@H](c1cccc(OC3CSC3)c1)N2. The van der Waals surface area contributed by atoms with Gasteiger partial charge in [0, 0.05) is 23.1 Å². The second-order valence-corrected chi connectivity index (χ2v) is 12.7. The molecule has 0 unspecified atom stereocenters. The van der Waals surface area contributed by atoms with Gasteiger partial charge in [0.05, 0.1) is 16.6 Å². The Morgan fingerprint density at radius 3 is 2.53 bits per heavy atom. The molecule has 0 bridgehead atoms. The fraction of sp³-hybridized carbons (Fsp3) is 0.310. The summed E-state index contributed by atoms with van der Waals surface area (Å²) < 4.78 is 35.7. The van der Waals surface area contributed by atoms with Crippen molar-refractivity contribution in [2.75, 3.05) is 21.5 Å². The number of rotatable bonds is 6. The Labute approximate surface area is 217 Å². The minimum Gasteiger partial charge on any atom is -0.489 e. The maximum Gasteiger partial charge on any atom is 0.261 e. The number of hydrogen-bond donors (Lipinski definition) is 2. The first-order valence-electron chi connectivity index (χ1n) is 12.4. The van der Waals surface area contributed by atoms with Gasteiger partial charge in [-0.05, 0) is 78.8 Å². The zero-order valence-electron chi connectivity index (χ0n) is 20.4. The zero-order valence-corrected chi connectivity index (χ0v) is 22.0. The molecule has 3 atom stereocenters. The Balaban J connectivity index is 1.30.